The molecule has 0 saturated carbocycles. The number of aromatic nitrogens is 4. The van der Waals surface area contributed by atoms with Crippen molar-refractivity contribution >= 4 is 21.8 Å². The lowest BCUT2D eigenvalue weighted by molar-refractivity contribution is 0.412. The minimum atomic E-state index is -0.130. The van der Waals surface area contributed by atoms with Gasteiger partial charge in [0.05, 0.1) is 22.6 Å². The number of aromatic hydroxyl groups is 1. The molecule has 0 bridgehead atoms. The smallest absolute Gasteiger partial charge is 0.325 e. The summed E-state index contributed by atoms with van der Waals surface area (Å²) in [5.74, 6) is 0.464. The summed E-state index contributed by atoms with van der Waals surface area (Å²) >= 11 is 0. The first-order valence-corrected chi connectivity index (χ1v) is 8.84. The molecule has 0 amide bonds. The highest BCUT2D eigenvalue weighted by molar-refractivity contribution is 5.84. The van der Waals surface area contributed by atoms with E-state index in [0.717, 1.165) is 16.6 Å². The Balaban J connectivity index is 1.51. The average Bonchev–Trinajstić information content (AvgIpc) is 3.11. The fraction of sp³-hybridized carbons (Fsp3) is 0.0455. The van der Waals surface area contributed by atoms with Gasteiger partial charge in [0.25, 0.3) is 0 Å². The van der Waals surface area contributed by atoms with Crippen LogP contribution in [0.25, 0.3) is 27.5 Å². The van der Waals surface area contributed by atoms with E-state index in [1.54, 1.807) is 18.5 Å². The van der Waals surface area contributed by atoms with Gasteiger partial charge in [-0.15, -0.1) is 0 Å². The zero-order chi connectivity index (χ0) is 19.1. The molecular weight excluding hydrogens is 352 g/mol. The molecule has 136 valence electrons. The zero-order valence-electron chi connectivity index (χ0n) is 15.1. The molecule has 0 saturated heterocycles. The summed E-state index contributed by atoms with van der Waals surface area (Å²) in [6, 6.07) is 17.9. The number of benzene rings is 2. The normalized spacial score (nSPS) is 11.2. The van der Waals surface area contributed by atoms with E-state index in [9.17, 15) is 5.11 Å². The van der Waals surface area contributed by atoms with E-state index in [4.69, 9.17) is 4.74 Å². The summed E-state index contributed by atoms with van der Waals surface area (Å²) in [4.78, 5) is 12.4. The van der Waals surface area contributed by atoms with Crippen LogP contribution in [0.3, 0.4) is 0 Å². The van der Waals surface area contributed by atoms with E-state index in [-0.39, 0.29) is 11.9 Å². The first-order chi connectivity index (χ1) is 13.7. The molecule has 0 atom stereocenters. The standard InChI is InChI=1S/C22H16N4O2/c1-14-3-2-4-16(11-14)26-10-8-15-12-17(5-6-20(15)26)28-22-24-19-13-23-9-7-18(19)21(27)25-22/h2-13H,1H3,(H,24,25,27). The average molecular weight is 368 g/mol. The van der Waals surface area contributed by atoms with Crippen molar-refractivity contribution in [2.75, 3.05) is 0 Å². The van der Waals surface area contributed by atoms with Crippen molar-refractivity contribution in [2.45, 2.75) is 6.92 Å². The summed E-state index contributed by atoms with van der Waals surface area (Å²) in [5, 5.41) is 11.7. The van der Waals surface area contributed by atoms with E-state index < -0.39 is 0 Å². The monoisotopic (exact) mass is 368 g/mol. The lowest BCUT2D eigenvalue weighted by atomic mass is 10.2. The molecule has 6 heteroatoms. The molecule has 5 aromatic rings. The molecule has 3 aromatic heterocycles. The van der Waals surface area contributed by atoms with Crippen molar-refractivity contribution in [3.05, 3.63) is 78.8 Å². The molecule has 0 radical (unpaired) electrons. The molecule has 28 heavy (non-hydrogen) atoms. The predicted octanol–water partition coefficient (Wildman–Crippen LogP) is 4.78. The van der Waals surface area contributed by atoms with Crippen molar-refractivity contribution in [1.82, 2.24) is 19.5 Å². The molecule has 0 aliphatic carbocycles. The second kappa shape index (κ2) is 6.35. The topological polar surface area (TPSA) is 73.1 Å². The summed E-state index contributed by atoms with van der Waals surface area (Å²) in [7, 11) is 0. The van der Waals surface area contributed by atoms with Crippen molar-refractivity contribution in [3.63, 3.8) is 0 Å². The van der Waals surface area contributed by atoms with E-state index in [0.29, 0.717) is 16.7 Å². The van der Waals surface area contributed by atoms with Gasteiger partial charge in [0.1, 0.15) is 5.75 Å². The Morgan fingerprint density at radius 2 is 1.93 bits per heavy atom. The maximum atomic E-state index is 10.1. The van der Waals surface area contributed by atoms with E-state index in [2.05, 4.69) is 44.6 Å². The van der Waals surface area contributed by atoms with Crippen LogP contribution in [0.1, 0.15) is 5.56 Å². The van der Waals surface area contributed by atoms with Crippen LogP contribution in [0.5, 0.6) is 17.6 Å². The van der Waals surface area contributed by atoms with Crippen molar-refractivity contribution in [3.8, 4) is 23.3 Å². The summed E-state index contributed by atoms with van der Waals surface area (Å²) in [6.07, 6.45) is 5.18. The van der Waals surface area contributed by atoms with Crippen molar-refractivity contribution in [1.29, 1.82) is 0 Å². The molecule has 0 aliphatic heterocycles. The number of ether oxygens (including phenoxy) is 1. The van der Waals surface area contributed by atoms with Gasteiger partial charge in [0, 0.05) is 23.5 Å². The molecule has 6 nitrogen and oxygen atoms in total. The van der Waals surface area contributed by atoms with Crippen LogP contribution in [0.4, 0.5) is 0 Å². The number of fused-ring (bicyclic) bond motifs is 2. The highest BCUT2D eigenvalue weighted by Crippen LogP contribution is 2.29. The molecule has 0 unspecified atom stereocenters. The molecule has 2 aromatic carbocycles. The largest absolute Gasteiger partial charge is 0.493 e. The van der Waals surface area contributed by atoms with Gasteiger partial charge in [-0.3, -0.25) is 4.98 Å². The van der Waals surface area contributed by atoms with Crippen molar-refractivity contribution in [2.24, 2.45) is 0 Å². The van der Waals surface area contributed by atoms with Crippen LogP contribution >= 0.6 is 0 Å². The third kappa shape index (κ3) is 2.81. The van der Waals surface area contributed by atoms with Crippen LogP contribution in [0, 0.1) is 6.92 Å². The molecule has 0 aliphatic rings. The minimum absolute atomic E-state index is 0.0791. The SMILES string of the molecule is Cc1cccc(-n2ccc3cc(Oc4nc(O)c5ccncc5n4)ccc32)c1. The first kappa shape index (κ1) is 16.3. The number of hydrogen-bond acceptors (Lipinski definition) is 5. The highest BCUT2D eigenvalue weighted by Gasteiger charge is 2.10. The maximum absolute atomic E-state index is 10.1. The fourth-order valence-electron chi connectivity index (χ4n) is 3.28. The Morgan fingerprint density at radius 3 is 2.82 bits per heavy atom. The van der Waals surface area contributed by atoms with Gasteiger partial charge >= 0.3 is 6.01 Å². The number of aryl methyl sites for hydroxylation is 1. The van der Waals surface area contributed by atoms with Gasteiger partial charge in [-0.2, -0.15) is 9.97 Å². The van der Waals surface area contributed by atoms with Gasteiger partial charge in [0.2, 0.25) is 5.88 Å². The predicted molar refractivity (Wildman–Crippen MR) is 107 cm³/mol. The van der Waals surface area contributed by atoms with E-state index >= 15 is 0 Å². The van der Waals surface area contributed by atoms with Crippen LogP contribution < -0.4 is 4.74 Å². The quantitative estimate of drug-likeness (QED) is 0.496. The third-order valence-corrected chi connectivity index (χ3v) is 4.61. The van der Waals surface area contributed by atoms with E-state index in [1.165, 1.54) is 5.56 Å². The van der Waals surface area contributed by atoms with Gasteiger partial charge in [-0.1, -0.05) is 12.1 Å². The Labute approximate surface area is 160 Å². The molecule has 0 fully saturated rings. The number of rotatable bonds is 3. The first-order valence-electron chi connectivity index (χ1n) is 8.84. The maximum Gasteiger partial charge on any atom is 0.325 e. The number of pyridine rings is 1. The van der Waals surface area contributed by atoms with Gasteiger partial charge < -0.3 is 14.4 Å². The Kier molecular flexibility index (Phi) is 3.69. The van der Waals surface area contributed by atoms with Crippen LogP contribution in [-0.4, -0.2) is 24.6 Å². The van der Waals surface area contributed by atoms with Gasteiger partial charge in [-0.25, -0.2) is 0 Å². The number of hydrogen-bond donors (Lipinski definition) is 1. The van der Waals surface area contributed by atoms with Gasteiger partial charge in [-0.05, 0) is 55.0 Å². The third-order valence-electron chi connectivity index (χ3n) is 4.61. The molecule has 1 N–H and O–H groups in total. The summed E-state index contributed by atoms with van der Waals surface area (Å²) < 4.78 is 7.93. The van der Waals surface area contributed by atoms with Gasteiger partial charge in [0.15, 0.2) is 0 Å². The second-order valence-corrected chi connectivity index (χ2v) is 6.57. The Hall–Kier alpha value is -3.93. The highest BCUT2D eigenvalue weighted by atomic mass is 16.5. The van der Waals surface area contributed by atoms with Crippen LogP contribution in [0.2, 0.25) is 0 Å². The Morgan fingerprint density at radius 1 is 1.00 bits per heavy atom. The summed E-state index contributed by atoms with van der Waals surface area (Å²) in [6.45, 7) is 2.08. The molecule has 3 heterocycles. The second-order valence-electron chi connectivity index (χ2n) is 6.57. The molecule has 0 spiro atoms. The molecular formula is C22H16N4O2. The number of nitrogens with zero attached hydrogens (tertiary/aromatic N) is 4. The van der Waals surface area contributed by atoms with Crippen LogP contribution in [-0.2, 0) is 0 Å². The van der Waals surface area contributed by atoms with Crippen molar-refractivity contribution < 1.29 is 9.84 Å². The lowest BCUT2D eigenvalue weighted by Gasteiger charge is -2.08. The summed E-state index contributed by atoms with van der Waals surface area (Å²) in [5.41, 5.74) is 3.92. The lowest BCUT2D eigenvalue weighted by Crippen LogP contribution is -1.94. The molecule has 5 rings (SSSR count). The van der Waals surface area contributed by atoms with E-state index in [1.807, 2.05) is 36.5 Å². The Bertz CT molecular complexity index is 1330. The minimum Gasteiger partial charge on any atom is -0.493 e. The fourth-order valence-corrected chi connectivity index (χ4v) is 3.28. The van der Waals surface area contributed by atoms with Crippen LogP contribution in [0.15, 0.2) is 73.2 Å². The zero-order valence-corrected chi connectivity index (χ0v) is 15.1.